The van der Waals surface area contributed by atoms with Crippen LogP contribution in [0.25, 0.3) is 0 Å². The molecule has 13 heavy (non-hydrogen) atoms. The second kappa shape index (κ2) is 5.29. The highest BCUT2D eigenvalue weighted by Gasteiger charge is 2.11. The van der Waals surface area contributed by atoms with E-state index in [0.717, 1.165) is 0 Å². The highest BCUT2D eigenvalue weighted by Crippen LogP contribution is 2.24. The summed E-state index contributed by atoms with van der Waals surface area (Å²) in [6.07, 6.45) is 2.72. The van der Waals surface area contributed by atoms with Gasteiger partial charge in [0.1, 0.15) is 0 Å². The normalized spacial score (nSPS) is 13.4. The molecular formula is C12H26S. The molecule has 0 atom stereocenters. The van der Waals surface area contributed by atoms with Gasteiger partial charge in [0.2, 0.25) is 0 Å². The maximum atomic E-state index is 2.32. The largest absolute Gasteiger partial charge is 0.161 e. The zero-order valence-electron chi connectivity index (χ0n) is 10.2. The molecule has 80 valence electrons. The van der Waals surface area contributed by atoms with Crippen LogP contribution in [0.3, 0.4) is 0 Å². The van der Waals surface area contributed by atoms with E-state index < -0.39 is 0 Å². The second-order valence-electron chi connectivity index (χ2n) is 6.28. The summed E-state index contributed by atoms with van der Waals surface area (Å²) in [5.41, 5.74) is 1.01. The summed E-state index contributed by atoms with van der Waals surface area (Å²) < 4.78 is 0. The summed E-state index contributed by atoms with van der Waals surface area (Å²) in [6.45, 7) is 13.9. The third-order valence-electron chi connectivity index (χ3n) is 1.75. The van der Waals surface area contributed by atoms with Gasteiger partial charge >= 0.3 is 0 Å². The standard InChI is InChI=1S/C12H26S/c1-11(2,3)8-7-9-13-10-12(4,5)6/h7-10H2,1-6H3. The summed E-state index contributed by atoms with van der Waals surface area (Å²) in [6, 6.07) is 0. The zero-order valence-corrected chi connectivity index (χ0v) is 11.1. The molecule has 0 saturated carbocycles. The van der Waals surface area contributed by atoms with Crippen molar-refractivity contribution in [3.63, 3.8) is 0 Å². The topological polar surface area (TPSA) is 0 Å². The molecule has 0 saturated heterocycles. The van der Waals surface area contributed by atoms with E-state index in [4.69, 9.17) is 0 Å². The molecule has 0 rings (SSSR count). The van der Waals surface area contributed by atoms with Gasteiger partial charge in [-0.3, -0.25) is 0 Å². The lowest BCUT2D eigenvalue weighted by Gasteiger charge is -2.19. The van der Waals surface area contributed by atoms with Gasteiger partial charge in [-0.15, -0.1) is 0 Å². The van der Waals surface area contributed by atoms with Crippen LogP contribution in [0.4, 0.5) is 0 Å². The molecule has 0 aromatic heterocycles. The van der Waals surface area contributed by atoms with Crippen molar-refractivity contribution in [3.05, 3.63) is 0 Å². The molecule has 0 amide bonds. The van der Waals surface area contributed by atoms with Crippen LogP contribution in [0.1, 0.15) is 54.4 Å². The second-order valence-corrected chi connectivity index (χ2v) is 7.38. The summed E-state index contributed by atoms with van der Waals surface area (Å²) in [5, 5.41) is 0. The predicted octanol–water partition coefficient (Wildman–Crippen LogP) is 4.59. The predicted molar refractivity (Wildman–Crippen MR) is 65.5 cm³/mol. The Bertz CT molecular complexity index is 109. The van der Waals surface area contributed by atoms with Crippen molar-refractivity contribution in [3.8, 4) is 0 Å². The Morgan fingerprint density at radius 2 is 1.38 bits per heavy atom. The van der Waals surface area contributed by atoms with Crippen molar-refractivity contribution in [1.82, 2.24) is 0 Å². The van der Waals surface area contributed by atoms with Crippen molar-refractivity contribution < 1.29 is 0 Å². The average Bonchev–Trinajstić information content (AvgIpc) is 1.81. The van der Waals surface area contributed by atoms with Crippen LogP contribution in [0, 0.1) is 10.8 Å². The van der Waals surface area contributed by atoms with E-state index >= 15 is 0 Å². The van der Waals surface area contributed by atoms with Crippen molar-refractivity contribution in [2.24, 2.45) is 10.8 Å². The first-order valence-corrected chi connectivity index (χ1v) is 6.44. The fraction of sp³-hybridized carbons (Fsp3) is 1.00. The number of hydrogen-bond donors (Lipinski definition) is 0. The minimum atomic E-state index is 0.492. The Labute approximate surface area is 88.9 Å². The van der Waals surface area contributed by atoms with E-state index in [1.165, 1.54) is 24.3 Å². The summed E-state index contributed by atoms with van der Waals surface area (Å²) in [7, 11) is 0. The van der Waals surface area contributed by atoms with Gasteiger partial charge in [0.15, 0.2) is 0 Å². The Hall–Kier alpha value is 0.350. The van der Waals surface area contributed by atoms with E-state index in [9.17, 15) is 0 Å². The molecule has 0 fully saturated rings. The van der Waals surface area contributed by atoms with E-state index in [0.29, 0.717) is 10.8 Å². The van der Waals surface area contributed by atoms with E-state index in [2.05, 4.69) is 53.3 Å². The summed E-state index contributed by atoms with van der Waals surface area (Å²) in [5.74, 6) is 2.62. The smallest absolute Gasteiger partial charge is 0.00187 e. The summed E-state index contributed by atoms with van der Waals surface area (Å²) in [4.78, 5) is 0. The molecule has 0 aromatic rings. The first-order valence-electron chi connectivity index (χ1n) is 5.28. The van der Waals surface area contributed by atoms with E-state index in [1.807, 2.05) is 0 Å². The molecule has 0 heterocycles. The van der Waals surface area contributed by atoms with Gasteiger partial charge in [0.05, 0.1) is 0 Å². The van der Waals surface area contributed by atoms with Crippen LogP contribution in [0.2, 0.25) is 0 Å². The van der Waals surface area contributed by atoms with Gasteiger partial charge in [0, 0.05) is 0 Å². The van der Waals surface area contributed by atoms with Gasteiger partial charge in [0.25, 0.3) is 0 Å². The van der Waals surface area contributed by atoms with Crippen molar-refractivity contribution in [1.29, 1.82) is 0 Å². The lowest BCUT2D eigenvalue weighted by atomic mass is 9.91. The molecule has 0 spiro atoms. The summed E-state index contributed by atoms with van der Waals surface area (Å²) >= 11 is 2.10. The molecule has 0 aliphatic heterocycles. The minimum Gasteiger partial charge on any atom is -0.161 e. The van der Waals surface area contributed by atoms with Crippen molar-refractivity contribution >= 4 is 11.8 Å². The van der Waals surface area contributed by atoms with Crippen LogP contribution in [-0.2, 0) is 0 Å². The number of thioether (sulfide) groups is 1. The lowest BCUT2D eigenvalue weighted by Crippen LogP contribution is -2.09. The average molecular weight is 202 g/mol. The first kappa shape index (κ1) is 13.4. The Morgan fingerprint density at radius 3 is 1.77 bits per heavy atom. The van der Waals surface area contributed by atoms with Gasteiger partial charge < -0.3 is 0 Å². The van der Waals surface area contributed by atoms with E-state index in [1.54, 1.807) is 0 Å². The monoisotopic (exact) mass is 202 g/mol. The third kappa shape index (κ3) is 12.4. The van der Waals surface area contributed by atoms with Crippen LogP contribution >= 0.6 is 11.8 Å². The van der Waals surface area contributed by atoms with Gasteiger partial charge in [-0.25, -0.2) is 0 Å². The molecular weight excluding hydrogens is 176 g/mol. The van der Waals surface area contributed by atoms with Crippen molar-refractivity contribution in [2.45, 2.75) is 54.4 Å². The van der Waals surface area contributed by atoms with E-state index in [-0.39, 0.29) is 0 Å². The molecule has 0 bridgehead atoms. The Balaban J connectivity index is 3.28. The SMILES string of the molecule is CC(C)(C)CCCSCC(C)(C)C. The van der Waals surface area contributed by atoms with Crippen LogP contribution in [-0.4, -0.2) is 11.5 Å². The molecule has 0 unspecified atom stereocenters. The van der Waals surface area contributed by atoms with Gasteiger partial charge in [-0.1, -0.05) is 41.5 Å². The van der Waals surface area contributed by atoms with Crippen molar-refractivity contribution in [2.75, 3.05) is 11.5 Å². The van der Waals surface area contributed by atoms with Gasteiger partial charge in [-0.2, -0.15) is 11.8 Å². The zero-order chi connectivity index (χ0) is 10.5. The first-order chi connectivity index (χ1) is 5.71. The lowest BCUT2D eigenvalue weighted by molar-refractivity contribution is 0.374. The van der Waals surface area contributed by atoms with Gasteiger partial charge in [-0.05, 0) is 35.2 Å². The van der Waals surface area contributed by atoms with Crippen LogP contribution < -0.4 is 0 Å². The maximum Gasteiger partial charge on any atom is -0.00187 e. The minimum absolute atomic E-state index is 0.492. The quantitative estimate of drug-likeness (QED) is 0.601. The molecule has 0 aliphatic rings. The number of hydrogen-bond acceptors (Lipinski definition) is 1. The fourth-order valence-electron chi connectivity index (χ4n) is 1.08. The highest BCUT2D eigenvalue weighted by atomic mass is 32.2. The highest BCUT2D eigenvalue weighted by molar-refractivity contribution is 7.99. The molecule has 0 N–H and O–H groups in total. The van der Waals surface area contributed by atoms with Crippen LogP contribution in [0.15, 0.2) is 0 Å². The number of rotatable bonds is 4. The molecule has 0 aromatic carbocycles. The molecule has 0 nitrogen and oxygen atoms in total. The molecule has 0 radical (unpaired) electrons. The molecule has 1 heteroatoms. The Morgan fingerprint density at radius 1 is 0.846 bits per heavy atom. The Kier molecular flexibility index (Phi) is 5.43. The maximum absolute atomic E-state index is 2.32. The fourth-order valence-corrected chi connectivity index (χ4v) is 2.19. The third-order valence-corrected chi connectivity index (χ3v) is 3.40. The van der Waals surface area contributed by atoms with Crippen LogP contribution in [0.5, 0.6) is 0 Å². The molecule has 0 aliphatic carbocycles.